The van der Waals surface area contributed by atoms with Gasteiger partial charge in [0, 0.05) is 4.88 Å². The molecule has 1 aromatic carbocycles. The van der Waals surface area contributed by atoms with Gasteiger partial charge in [-0.1, -0.05) is 37.0 Å². The number of aliphatic carboxylic acids is 1. The molecule has 20 heavy (non-hydrogen) atoms. The highest BCUT2D eigenvalue weighted by Gasteiger charge is 2.15. The van der Waals surface area contributed by atoms with Crippen molar-refractivity contribution in [3.05, 3.63) is 27.1 Å². The third-order valence-corrected chi connectivity index (χ3v) is 4.82. The van der Waals surface area contributed by atoms with Gasteiger partial charge in [0.2, 0.25) is 0 Å². The first-order valence-electron chi connectivity index (χ1n) is 6.13. The van der Waals surface area contributed by atoms with E-state index in [0.717, 1.165) is 16.5 Å². The van der Waals surface area contributed by atoms with Crippen molar-refractivity contribution in [3.8, 4) is 5.75 Å². The number of carbonyl (C=O) groups is 1. The molecule has 108 valence electrons. The fourth-order valence-electron chi connectivity index (χ4n) is 1.90. The molecule has 0 fully saturated rings. The Hall–Kier alpha value is -0.970. The molecule has 0 aliphatic rings. The highest BCUT2D eigenvalue weighted by Crippen LogP contribution is 2.42. The summed E-state index contributed by atoms with van der Waals surface area (Å²) in [5.41, 5.74) is 0. The molecule has 6 heteroatoms. The Morgan fingerprint density at radius 2 is 2.05 bits per heavy atom. The summed E-state index contributed by atoms with van der Waals surface area (Å²) in [6.07, 6.45) is 0.971. The summed E-state index contributed by atoms with van der Waals surface area (Å²) in [6.45, 7) is 3.87. The summed E-state index contributed by atoms with van der Waals surface area (Å²) in [6, 6.07) is 3.79. The molecule has 0 radical (unpaired) electrons. The van der Waals surface area contributed by atoms with Crippen LogP contribution in [0.2, 0.25) is 10.0 Å². The first-order valence-corrected chi connectivity index (χ1v) is 7.70. The lowest BCUT2D eigenvalue weighted by Crippen LogP contribution is -2.09. The van der Waals surface area contributed by atoms with Crippen LogP contribution in [0.1, 0.15) is 18.7 Å². The second kappa shape index (κ2) is 6.20. The standard InChI is InChI=1S/C14H14Cl2O3S/c1-7(2)3-9-4-8-5-10(19-6-11(17)18)12(15)13(16)14(8)20-9/h4-5,7H,3,6H2,1-2H3,(H,17,18). The second-order valence-electron chi connectivity index (χ2n) is 4.91. The minimum Gasteiger partial charge on any atom is -0.480 e. The molecular formula is C14H14Cl2O3S. The van der Waals surface area contributed by atoms with Gasteiger partial charge in [0.05, 0.1) is 9.72 Å². The molecule has 3 nitrogen and oxygen atoms in total. The van der Waals surface area contributed by atoms with Crippen molar-refractivity contribution in [2.75, 3.05) is 6.61 Å². The van der Waals surface area contributed by atoms with E-state index >= 15 is 0 Å². The zero-order chi connectivity index (χ0) is 14.9. The van der Waals surface area contributed by atoms with Crippen molar-refractivity contribution in [1.29, 1.82) is 0 Å². The third kappa shape index (κ3) is 3.37. The monoisotopic (exact) mass is 332 g/mol. The number of rotatable bonds is 5. The van der Waals surface area contributed by atoms with Crippen LogP contribution in [0.25, 0.3) is 10.1 Å². The summed E-state index contributed by atoms with van der Waals surface area (Å²) in [5, 5.41) is 10.3. The van der Waals surface area contributed by atoms with Gasteiger partial charge in [0.25, 0.3) is 0 Å². The van der Waals surface area contributed by atoms with Crippen LogP contribution in [-0.2, 0) is 11.2 Å². The van der Waals surface area contributed by atoms with Crippen LogP contribution in [0.4, 0.5) is 0 Å². The van der Waals surface area contributed by atoms with Gasteiger partial charge >= 0.3 is 5.97 Å². The predicted molar refractivity (Wildman–Crippen MR) is 83.5 cm³/mol. The maximum absolute atomic E-state index is 10.6. The van der Waals surface area contributed by atoms with E-state index in [2.05, 4.69) is 19.9 Å². The number of carboxylic acid groups (broad SMARTS) is 1. The second-order valence-corrected chi connectivity index (χ2v) is 6.81. The van der Waals surface area contributed by atoms with Crippen LogP contribution in [-0.4, -0.2) is 17.7 Å². The number of thiophene rings is 1. The number of fused-ring (bicyclic) bond motifs is 1. The maximum atomic E-state index is 10.6. The normalized spacial score (nSPS) is 11.2. The van der Waals surface area contributed by atoms with Gasteiger partial charge in [-0.15, -0.1) is 11.3 Å². The van der Waals surface area contributed by atoms with Gasteiger partial charge in [-0.05, 0) is 29.9 Å². The van der Waals surface area contributed by atoms with E-state index in [1.54, 1.807) is 17.4 Å². The largest absolute Gasteiger partial charge is 0.480 e. The van der Waals surface area contributed by atoms with Crippen molar-refractivity contribution in [2.45, 2.75) is 20.3 Å². The molecule has 0 spiro atoms. The first-order chi connectivity index (χ1) is 9.38. The molecule has 1 aromatic heterocycles. The van der Waals surface area contributed by atoms with Crippen LogP contribution < -0.4 is 4.74 Å². The maximum Gasteiger partial charge on any atom is 0.341 e. The van der Waals surface area contributed by atoms with E-state index < -0.39 is 12.6 Å². The molecule has 0 aliphatic carbocycles. The summed E-state index contributed by atoms with van der Waals surface area (Å²) in [7, 11) is 0. The quantitative estimate of drug-likeness (QED) is 0.849. The molecule has 0 bridgehead atoms. The fraction of sp³-hybridized carbons (Fsp3) is 0.357. The van der Waals surface area contributed by atoms with E-state index in [0.29, 0.717) is 16.7 Å². The number of halogens is 2. The fourth-order valence-corrected chi connectivity index (χ4v) is 3.77. The van der Waals surface area contributed by atoms with E-state index in [1.807, 2.05) is 0 Å². The Morgan fingerprint density at radius 1 is 1.35 bits per heavy atom. The molecule has 0 saturated carbocycles. The lowest BCUT2D eigenvalue weighted by molar-refractivity contribution is -0.139. The summed E-state index contributed by atoms with van der Waals surface area (Å²) < 4.78 is 6.08. The molecule has 0 saturated heterocycles. The topological polar surface area (TPSA) is 46.5 Å². The number of hydrogen-bond acceptors (Lipinski definition) is 3. The van der Waals surface area contributed by atoms with Crippen LogP contribution in [0.15, 0.2) is 12.1 Å². The van der Waals surface area contributed by atoms with Crippen LogP contribution in [0.3, 0.4) is 0 Å². The molecule has 2 rings (SSSR count). The van der Waals surface area contributed by atoms with E-state index in [4.69, 9.17) is 33.0 Å². The molecule has 1 heterocycles. The van der Waals surface area contributed by atoms with Gasteiger partial charge in [-0.25, -0.2) is 4.79 Å². The third-order valence-electron chi connectivity index (χ3n) is 2.67. The summed E-state index contributed by atoms with van der Waals surface area (Å²) >= 11 is 14.0. The number of ether oxygens (including phenoxy) is 1. The van der Waals surface area contributed by atoms with Crippen LogP contribution in [0.5, 0.6) is 5.75 Å². The van der Waals surface area contributed by atoms with Crippen LogP contribution >= 0.6 is 34.5 Å². The summed E-state index contributed by atoms with van der Waals surface area (Å²) in [4.78, 5) is 11.8. The van der Waals surface area contributed by atoms with E-state index in [1.165, 1.54) is 4.88 Å². The molecule has 1 N–H and O–H groups in total. The minimum absolute atomic E-state index is 0.262. The van der Waals surface area contributed by atoms with Crippen molar-refractivity contribution < 1.29 is 14.6 Å². The molecule has 0 aliphatic heterocycles. The SMILES string of the molecule is CC(C)Cc1cc2cc(OCC(=O)O)c(Cl)c(Cl)c2s1. The Bertz CT molecular complexity index is 649. The Labute approximate surface area is 131 Å². The van der Waals surface area contributed by atoms with Crippen molar-refractivity contribution in [1.82, 2.24) is 0 Å². The number of hydrogen-bond donors (Lipinski definition) is 1. The highest BCUT2D eigenvalue weighted by atomic mass is 35.5. The lowest BCUT2D eigenvalue weighted by Gasteiger charge is -2.07. The first kappa shape index (κ1) is 15.4. The van der Waals surface area contributed by atoms with Gasteiger partial charge in [0.1, 0.15) is 10.8 Å². The van der Waals surface area contributed by atoms with E-state index in [-0.39, 0.29) is 5.02 Å². The van der Waals surface area contributed by atoms with Gasteiger partial charge in [-0.2, -0.15) is 0 Å². The number of benzene rings is 1. The average Bonchev–Trinajstić information content (AvgIpc) is 2.73. The van der Waals surface area contributed by atoms with Crippen molar-refractivity contribution in [3.63, 3.8) is 0 Å². The van der Waals surface area contributed by atoms with Crippen molar-refractivity contribution in [2.24, 2.45) is 5.92 Å². The lowest BCUT2D eigenvalue weighted by atomic mass is 10.1. The zero-order valence-corrected chi connectivity index (χ0v) is 13.4. The Morgan fingerprint density at radius 3 is 2.65 bits per heavy atom. The zero-order valence-electron chi connectivity index (χ0n) is 11.1. The molecule has 0 amide bonds. The molecule has 0 atom stereocenters. The highest BCUT2D eigenvalue weighted by molar-refractivity contribution is 7.19. The van der Waals surface area contributed by atoms with Gasteiger partial charge < -0.3 is 9.84 Å². The van der Waals surface area contributed by atoms with E-state index in [9.17, 15) is 4.79 Å². The Balaban J connectivity index is 2.41. The predicted octanol–water partition coefficient (Wildman–Crippen LogP) is 4.87. The number of carboxylic acids is 1. The van der Waals surface area contributed by atoms with Gasteiger partial charge in [-0.3, -0.25) is 0 Å². The molecule has 0 unspecified atom stereocenters. The summed E-state index contributed by atoms with van der Waals surface area (Å²) in [5.74, 6) is -0.191. The van der Waals surface area contributed by atoms with Crippen LogP contribution in [0, 0.1) is 5.92 Å². The van der Waals surface area contributed by atoms with Gasteiger partial charge in [0.15, 0.2) is 6.61 Å². The average molecular weight is 333 g/mol. The minimum atomic E-state index is -1.05. The smallest absolute Gasteiger partial charge is 0.341 e. The molecule has 2 aromatic rings. The van der Waals surface area contributed by atoms with Crippen molar-refractivity contribution >= 4 is 50.6 Å². The molecular weight excluding hydrogens is 319 g/mol. The Kier molecular flexibility index (Phi) is 4.78.